The van der Waals surface area contributed by atoms with E-state index in [1.54, 1.807) is 7.11 Å². The average molecular weight is 474 g/mol. The SMILES string of the molecule is COC(=O)c1c(NC(=O)CSc2nnc(-c3ccccc3OC)n2N)sc2c1CCCC2. The standard InChI is InChI=1S/C21H23N5O4S2/c1-29-14-9-5-3-7-12(14)18-24-25-21(26(18)22)31-11-16(27)23-19-17(20(28)30-2)13-8-4-6-10-15(13)32-19/h3,5,7,9H,4,6,8,10-11,22H2,1-2H3,(H,23,27). The lowest BCUT2D eigenvalue weighted by Gasteiger charge is -2.11. The van der Waals surface area contributed by atoms with E-state index < -0.39 is 5.97 Å². The zero-order valence-corrected chi connectivity index (χ0v) is 19.3. The highest BCUT2D eigenvalue weighted by Crippen LogP contribution is 2.38. The Hall–Kier alpha value is -3.05. The molecule has 0 unspecified atom stereocenters. The molecule has 168 valence electrons. The number of esters is 1. The van der Waals surface area contributed by atoms with Crippen LogP contribution in [0.3, 0.4) is 0 Å². The maximum atomic E-state index is 12.7. The van der Waals surface area contributed by atoms with Crippen LogP contribution >= 0.6 is 23.1 Å². The fourth-order valence-corrected chi connectivity index (χ4v) is 5.60. The van der Waals surface area contributed by atoms with E-state index in [2.05, 4.69) is 15.5 Å². The predicted octanol–water partition coefficient (Wildman–Crippen LogP) is 3.13. The van der Waals surface area contributed by atoms with Gasteiger partial charge in [0, 0.05) is 4.88 Å². The molecule has 4 rings (SSSR count). The molecule has 1 aliphatic rings. The summed E-state index contributed by atoms with van der Waals surface area (Å²) in [4.78, 5) is 26.1. The van der Waals surface area contributed by atoms with Crippen molar-refractivity contribution in [1.82, 2.24) is 14.9 Å². The van der Waals surface area contributed by atoms with E-state index in [0.29, 0.717) is 32.9 Å². The van der Waals surface area contributed by atoms with Crippen LogP contribution in [0.2, 0.25) is 0 Å². The second-order valence-electron chi connectivity index (χ2n) is 7.12. The maximum Gasteiger partial charge on any atom is 0.341 e. The smallest absolute Gasteiger partial charge is 0.341 e. The number of benzene rings is 1. The van der Waals surface area contributed by atoms with Gasteiger partial charge in [-0.05, 0) is 43.4 Å². The number of nitrogen functional groups attached to an aromatic ring is 1. The average Bonchev–Trinajstić information content (AvgIpc) is 3.36. The number of hydrogen-bond donors (Lipinski definition) is 2. The number of carbonyl (C=O) groups excluding carboxylic acids is 2. The minimum absolute atomic E-state index is 0.0600. The third-order valence-corrected chi connectivity index (χ3v) is 7.31. The lowest BCUT2D eigenvalue weighted by Crippen LogP contribution is -2.18. The van der Waals surface area contributed by atoms with Crippen molar-refractivity contribution in [3.63, 3.8) is 0 Å². The van der Waals surface area contributed by atoms with Crippen molar-refractivity contribution in [2.24, 2.45) is 0 Å². The normalized spacial score (nSPS) is 12.8. The lowest BCUT2D eigenvalue weighted by atomic mass is 9.95. The first-order valence-electron chi connectivity index (χ1n) is 10.0. The maximum absolute atomic E-state index is 12.7. The minimum Gasteiger partial charge on any atom is -0.496 e. The van der Waals surface area contributed by atoms with Crippen LogP contribution in [0, 0.1) is 0 Å². The molecule has 1 amide bonds. The summed E-state index contributed by atoms with van der Waals surface area (Å²) in [5.74, 6) is 6.60. The fourth-order valence-electron chi connectivity index (χ4n) is 3.65. The number of carbonyl (C=O) groups is 2. The fraction of sp³-hybridized carbons (Fsp3) is 0.333. The van der Waals surface area contributed by atoms with E-state index in [1.165, 1.54) is 23.1 Å². The molecule has 1 aliphatic carbocycles. The molecule has 3 N–H and O–H groups in total. The highest BCUT2D eigenvalue weighted by atomic mass is 32.2. The summed E-state index contributed by atoms with van der Waals surface area (Å²) < 4.78 is 11.6. The quantitative estimate of drug-likeness (QED) is 0.305. The number of ether oxygens (including phenoxy) is 2. The van der Waals surface area contributed by atoms with Gasteiger partial charge in [0.15, 0.2) is 5.82 Å². The van der Waals surface area contributed by atoms with Crippen LogP contribution in [-0.4, -0.2) is 46.7 Å². The van der Waals surface area contributed by atoms with Crippen LogP contribution < -0.4 is 15.9 Å². The number of anilines is 1. The molecule has 1 aromatic carbocycles. The zero-order chi connectivity index (χ0) is 22.7. The first-order chi connectivity index (χ1) is 15.5. The van der Waals surface area contributed by atoms with Crippen molar-refractivity contribution in [2.45, 2.75) is 30.8 Å². The van der Waals surface area contributed by atoms with E-state index in [1.807, 2.05) is 24.3 Å². The van der Waals surface area contributed by atoms with Crippen LogP contribution in [0.25, 0.3) is 11.4 Å². The number of para-hydroxylation sites is 1. The second-order valence-corrected chi connectivity index (χ2v) is 9.17. The van der Waals surface area contributed by atoms with Gasteiger partial charge in [0.1, 0.15) is 10.8 Å². The molecule has 0 spiro atoms. The molecule has 2 aromatic heterocycles. The van der Waals surface area contributed by atoms with Gasteiger partial charge < -0.3 is 20.6 Å². The van der Waals surface area contributed by atoms with Crippen molar-refractivity contribution in [3.05, 3.63) is 40.3 Å². The summed E-state index contributed by atoms with van der Waals surface area (Å²) in [6, 6.07) is 7.35. The molecular weight excluding hydrogens is 450 g/mol. The number of thiophene rings is 1. The largest absolute Gasteiger partial charge is 0.496 e. The zero-order valence-electron chi connectivity index (χ0n) is 17.7. The van der Waals surface area contributed by atoms with Crippen molar-refractivity contribution in [3.8, 4) is 17.1 Å². The van der Waals surface area contributed by atoms with Gasteiger partial charge in [0.25, 0.3) is 0 Å². The van der Waals surface area contributed by atoms with Crippen molar-refractivity contribution < 1.29 is 19.1 Å². The Bertz CT molecular complexity index is 1160. The van der Waals surface area contributed by atoms with Gasteiger partial charge in [-0.15, -0.1) is 21.5 Å². The number of nitrogens with zero attached hydrogens (tertiary/aromatic N) is 3. The Morgan fingerprint density at radius 3 is 2.78 bits per heavy atom. The Labute approximate surface area is 193 Å². The third kappa shape index (κ3) is 4.30. The second kappa shape index (κ2) is 9.61. The van der Waals surface area contributed by atoms with Crippen LogP contribution in [0.4, 0.5) is 5.00 Å². The number of amides is 1. The molecule has 0 bridgehead atoms. The molecule has 0 saturated heterocycles. The van der Waals surface area contributed by atoms with Gasteiger partial charge in [0.05, 0.1) is 31.1 Å². The number of rotatable bonds is 7. The number of thioether (sulfide) groups is 1. The van der Waals surface area contributed by atoms with E-state index in [9.17, 15) is 9.59 Å². The first kappa shape index (κ1) is 22.2. The van der Waals surface area contributed by atoms with Crippen LogP contribution in [-0.2, 0) is 22.4 Å². The molecule has 0 saturated carbocycles. The highest BCUT2D eigenvalue weighted by Gasteiger charge is 2.27. The number of hydrogen-bond acceptors (Lipinski definition) is 9. The number of nitrogens with two attached hydrogens (primary N) is 1. The van der Waals surface area contributed by atoms with Gasteiger partial charge in [-0.25, -0.2) is 9.47 Å². The van der Waals surface area contributed by atoms with Gasteiger partial charge in [-0.1, -0.05) is 23.9 Å². The molecule has 0 fully saturated rings. The van der Waals surface area contributed by atoms with Crippen molar-refractivity contribution >= 4 is 40.0 Å². The molecule has 0 radical (unpaired) electrons. The van der Waals surface area contributed by atoms with Gasteiger partial charge >= 0.3 is 5.97 Å². The summed E-state index contributed by atoms with van der Waals surface area (Å²) in [5.41, 5.74) is 2.18. The van der Waals surface area contributed by atoms with E-state index >= 15 is 0 Å². The number of aryl methyl sites for hydroxylation is 1. The summed E-state index contributed by atoms with van der Waals surface area (Å²) in [6.45, 7) is 0. The van der Waals surface area contributed by atoms with E-state index in [4.69, 9.17) is 15.3 Å². The number of aromatic nitrogens is 3. The number of nitrogens with one attached hydrogen (secondary N) is 1. The number of methoxy groups -OCH3 is 2. The molecule has 0 aliphatic heterocycles. The topological polar surface area (TPSA) is 121 Å². The monoisotopic (exact) mass is 473 g/mol. The Morgan fingerprint density at radius 2 is 2.00 bits per heavy atom. The summed E-state index contributed by atoms with van der Waals surface area (Å²) in [7, 11) is 2.92. The minimum atomic E-state index is -0.421. The summed E-state index contributed by atoms with van der Waals surface area (Å²) in [6.07, 6.45) is 3.84. The van der Waals surface area contributed by atoms with Crippen molar-refractivity contribution in [2.75, 3.05) is 31.1 Å². The van der Waals surface area contributed by atoms with Gasteiger partial charge in [-0.2, -0.15) is 0 Å². The summed E-state index contributed by atoms with van der Waals surface area (Å²) >= 11 is 2.61. The van der Waals surface area contributed by atoms with Crippen LogP contribution in [0.5, 0.6) is 5.75 Å². The highest BCUT2D eigenvalue weighted by molar-refractivity contribution is 7.99. The van der Waals surface area contributed by atoms with Crippen LogP contribution in [0.1, 0.15) is 33.6 Å². The molecule has 32 heavy (non-hydrogen) atoms. The van der Waals surface area contributed by atoms with Gasteiger partial charge in [-0.3, -0.25) is 4.79 Å². The van der Waals surface area contributed by atoms with Crippen LogP contribution in [0.15, 0.2) is 29.4 Å². The Kier molecular flexibility index (Phi) is 6.66. The predicted molar refractivity (Wildman–Crippen MR) is 124 cm³/mol. The molecule has 11 heteroatoms. The first-order valence-corrected chi connectivity index (χ1v) is 11.8. The number of fused-ring (bicyclic) bond motifs is 1. The molecular formula is C21H23N5O4S2. The van der Waals surface area contributed by atoms with E-state index in [-0.39, 0.29) is 11.7 Å². The third-order valence-electron chi connectivity index (χ3n) is 5.16. The van der Waals surface area contributed by atoms with E-state index in [0.717, 1.165) is 47.9 Å². The summed E-state index contributed by atoms with van der Waals surface area (Å²) in [5, 5.41) is 12.0. The molecule has 0 atom stereocenters. The molecule has 9 nitrogen and oxygen atoms in total. The molecule has 3 aromatic rings. The van der Waals surface area contributed by atoms with Crippen molar-refractivity contribution in [1.29, 1.82) is 0 Å². The molecule has 2 heterocycles. The lowest BCUT2D eigenvalue weighted by molar-refractivity contribution is -0.113. The van der Waals surface area contributed by atoms with Gasteiger partial charge in [0.2, 0.25) is 11.1 Å². The Balaban J connectivity index is 1.47. The Morgan fingerprint density at radius 1 is 1.22 bits per heavy atom.